The van der Waals surface area contributed by atoms with Gasteiger partial charge in [-0.25, -0.2) is 9.97 Å². The maximum absolute atomic E-state index is 6.07. The van der Waals surface area contributed by atoms with Gasteiger partial charge in [0, 0.05) is 139 Å². The molecule has 14 nitrogen and oxygen atoms in total. The number of nitrogens with zero attached hydrogens (tertiary/aromatic N) is 8. The van der Waals surface area contributed by atoms with E-state index >= 15 is 0 Å². The Hall–Kier alpha value is -4.27. The molecular weight excluding hydrogens is 889 g/mol. The Balaban J connectivity index is 0.000000170. The van der Waals surface area contributed by atoms with Gasteiger partial charge < -0.3 is 37.6 Å². The van der Waals surface area contributed by atoms with E-state index in [0.29, 0.717) is 19.4 Å². The molecule has 2 aliphatic heterocycles. The molecule has 0 bridgehead atoms. The fourth-order valence-corrected chi connectivity index (χ4v) is 11.5. The van der Waals surface area contributed by atoms with Gasteiger partial charge in [0.15, 0.2) is 11.6 Å². The minimum Gasteiger partial charge on any atom is -0.361 e. The number of hydrogen-bond donors (Lipinski definition) is 0. The summed E-state index contributed by atoms with van der Waals surface area (Å²) in [5, 5.41) is 11.1. The molecule has 8 heterocycles. The van der Waals surface area contributed by atoms with Crippen molar-refractivity contribution in [2.75, 3.05) is 39.6 Å². The van der Waals surface area contributed by atoms with Crippen LogP contribution in [0.3, 0.4) is 0 Å². The number of pyridine rings is 2. The van der Waals surface area contributed by atoms with E-state index in [1.807, 2.05) is 42.0 Å². The summed E-state index contributed by atoms with van der Waals surface area (Å²) < 4.78 is 43.7. The van der Waals surface area contributed by atoms with E-state index in [1.165, 1.54) is 22.1 Å². The monoisotopic (exact) mass is 963 g/mol. The summed E-state index contributed by atoms with van der Waals surface area (Å²) in [6.07, 6.45) is 27.8. The number of aromatic nitrogens is 8. The van der Waals surface area contributed by atoms with Crippen molar-refractivity contribution in [2.45, 2.75) is 134 Å². The normalized spacial score (nSPS) is 19.4. The summed E-state index contributed by atoms with van der Waals surface area (Å²) in [6.45, 7) is 19.8. The fraction of sp³-hybridized carbons (Fsp3) is 0.577. The first-order chi connectivity index (χ1) is 32.6. The Labute approximate surface area is 404 Å². The lowest BCUT2D eigenvalue weighted by atomic mass is 9.82. The van der Waals surface area contributed by atoms with Gasteiger partial charge in [-0.3, -0.25) is 9.36 Å². The number of allylic oxidation sites excluding steroid dienone is 1. The average Bonchev–Trinajstić information content (AvgIpc) is 4.18. The van der Waals surface area contributed by atoms with Gasteiger partial charge in [0.1, 0.15) is 24.8 Å². The second-order valence-corrected chi connectivity index (χ2v) is 33.3. The third-order valence-electron chi connectivity index (χ3n) is 14.0. The number of rotatable bonds is 15. The highest BCUT2D eigenvalue weighted by atomic mass is 28.3. The van der Waals surface area contributed by atoms with Gasteiger partial charge in [-0.15, -0.1) is 0 Å². The molecule has 0 unspecified atom stereocenters. The van der Waals surface area contributed by atoms with Gasteiger partial charge in [-0.1, -0.05) is 50.9 Å². The van der Waals surface area contributed by atoms with Crippen molar-refractivity contribution in [3.63, 3.8) is 0 Å². The number of ether oxygens (including phenoxy) is 6. The Morgan fingerprint density at radius 3 is 1.60 bits per heavy atom. The Morgan fingerprint density at radius 2 is 1.12 bits per heavy atom. The highest BCUT2D eigenvalue weighted by Gasteiger charge is 2.41. The van der Waals surface area contributed by atoms with Gasteiger partial charge in [-0.05, 0) is 73.4 Å². The van der Waals surface area contributed by atoms with Crippen molar-refractivity contribution in [2.24, 2.45) is 20.0 Å². The molecule has 2 saturated heterocycles. The van der Waals surface area contributed by atoms with Crippen LogP contribution in [0.5, 0.6) is 0 Å². The first-order valence-electron chi connectivity index (χ1n) is 25.0. The zero-order valence-corrected chi connectivity index (χ0v) is 43.9. The Morgan fingerprint density at radius 1 is 0.632 bits per heavy atom. The van der Waals surface area contributed by atoms with Gasteiger partial charge in [-0.2, -0.15) is 10.2 Å². The summed E-state index contributed by atoms with van der Waals surface area (Å²) in [6, 6.07) is 6.90. The molecule has 2 saturated carbocycles. The maximum atomic E-state index is 6.07. The Bertz CT molecular complexity index is 2650. The highest BCUT2D eigenvalue weighted by Crippen LogP contribution is 2.41. The van der Waals surface area contributed by atoms with Crippen LogP contribution in [0, 0.1) is 5.92 Å². The van der Waals surface area contributed by atoms with E-state index in [1.54, 1.807) is 0 Å². The summed E-state index contributed by atoms with van der Waals surface area (Å²) in [7, 11) is 1.68. The largest absolute Gasteiger partial charge is 0.361 e. The molecule has 0 N–H and O–H groups in total. The first-order valence-corrected chi connectivity index (χ1v) is 32.4. The molecule has 6 aromatic heterocycles. The molecule has 0 atom stereocenters. The van der Waals surface area contributed by atoms with Crippen LogP contribution in [-0.4, -0.2) is 106 Å². The van der Waals surface area contributed by atoms with Gasteiger partial charge >= 0.3 is 0 Å². The molecule has 16 heteroatoms. The molecule has 4 fully saturated rings. The van der Waals surface area contributed by atoms with E-state index in [-0.39, 0.29) is 11.6 Å². The van der Waals surface area contributed by atoms with Crippen LogP contribution in [-0.2, 0) is 62.4 Å². The quantitative estimate of drug-likeness (QED) is 0.0725. The molecule has 2 spiro atoms. The van der Waals surface area contributed by atoms with Crippen LogP contribution >= 0.6 is 0 Å². The van der Waals surface area contributed by atoms with Crippen LogP contribution in [0.4, 0.5) is 0 Å². The van der Waals surface area contributed by atoms with Crippen molar-refractivity contribution in [3.8, 4) is 22.3 Å². The zero-order chi connectivity index (χ0) is 47.5. The van der Waals surface area contributed by atoms with E-state index in [4.69, 9.17) is 38.4 Å². The maximum Gasteiger partial charge on any atom is 0.169 e. The molecule has 0 radical (unpaired) electrons. The Kier molecular flexibility index (Phi) is 14.8. The lowest BCUT2D eigenvalue weighted by Crippen LogP contribution is -2.35. The number of aryl methyl sites for hydroxylation is 2. The fourth-order valence-electron chi connectivity index (χ4n) is 10.0. The highest BCUT2D eigenvalue weighted by molar-refractivity contribution is 6.76. The predicted octanol–water partition coefficient (Wildman–Crippen LogP) is 10.7. The molecule has 10 rings (SSSR count). The SMILES string of the molecule is Cn1cc(-c2cn(COCC[Si](C)(C)C)c3ncc(C=C4CCC5(CC4)OCCO5)cc23)cn1.Cn1cc(-c2cn(COCC[Si](C)(C)C)c3ncc(CC4CCC5(CC4)OCCO5)cc23)cn1. The summed E-state index contributed by atoms with van der Waals surface area (Å²) in [5.74, 6) is 0.0185. The van der Waals surface area contributed by atoms with E-state index in [2.05, 4.69) is 108 Å². The van der Waals surface area contributed by atoms with E-state index in [9.17, 15) is 0 Å². The van der Waals surface area contributed by atoms with E-state index in [0.717, 1.165) is 148 Å². The second kappa shape index (κ2) is 20.6. The third kappa shape index (κ3) is 12.0. The minimum absolute atomic E-state index is 0.293. The number of fused-ring (bicyclic) bond motifs is 2. The summed E-state index contributed by atoms with van der Waals surface area (Å²) in [5.41, 5.74) is 10.3. The van der Waals surface area contributed by atoms with Crippen LogP contribution in [0.1, 0.15) is 62.5 Å². The van der Waals surface area contributed by atoms with Crippen LogP contribution < -0.4 is 0 Å². The molecule has 6 aromatic rings. The molecule has 366 valence electrons. The smallest absolute Gasteiger partial charge is 0.169 e. The van der Waals surface area contributed by atoms with E-state index < -0.39 is 16.1 Å². The van der Waals surface area contributed by atoms with Crippen LogP contribution in [0.25, 0.3) is 50.4 Å². The molecule has 68 heavy (non-hydrogen) atoms. The van der Waals surface area contributed by atoms with Gasteiger partial charge in [0.2, 0.25) is 0 Å². The lowest BCUT2D eigenvalue weighted by molar-refractivity contribution is -0.182. The van der Waals surface area contributed by atoms with Crippen molar-refractivity contribution in [1.29, 1.82) is 0 Å². The summed E-state index contributed by atoms with van der Waals surface area (Å²) >= 11 is 0. The minimum atomic E-state index is -1.12. The lowest BCUT2D eigenvalue weighted by Gasteiger charge is -2.35. The van der Waals surface area contributed by atoms with Crippen molar-refractivity contribution in [1.82, 2.24) is 38.7 Å². The number of hydrogen-bond acceptors (Lipinski definition) is 10. The molecule has 4 aliphatic rings. The van der Waals surface area contributed by atoms with Gasteiger partial charge in [0.05, 0.1) is 38.8 Å². The molecule has 0 amide bonds. The first kappa shape index (κ1) is 48.7. The van der Waals surface area contributed by atoms with Crippen LogP contribution in [0.15, 0.2) is 67.3 Å². The van der Waals surface area contributed by atoms with Crippen molar-refractivity contribution in [3.05, 3.63) is 78.4 Å². The second-order valence-electron chi connectivity index (χ2n) is 22.0. The standard InChI is InChI=1S/C26H38N4O3Si.C26H36N4O3Si/c2*1-29-17-22(16-28-29)24-18-30(19-31-11-12-34(2,3)4)25-23(24)14-21(15-27-25)13-20-5-7-26(8-6-20)32-9-10-33-26/h14-18,20H,5-13,19H2,1-4H3;13-18H,5-12,19H2,1-4H3. The third-order valence-corrected chi connectivity index (χ3v) is 17.4. The van der Waals surface area contributed by atoms with Crippen molar-refractivity contribution < 1.29 is 28.4 Å². The molecular formula is C52H74N8O6Si2. The summed E-state index contributed by atoms with van der Waals surface area (Å²) in [4.78, 5) is 9.78. The van der Waals surface area contributed by atoms with Gasteiger partial charge in [0.25, 0.3) is 0 Å². The molecule has 2 aliphatic carbocycles. The van der Waals surface area contributed by atoms with Crippen LogP contribution in [0.2, 0.25) is 51.4 Å². The van der Waals surface area contributed by atoms with Crippen molar-refractivity contribution >= 4 is 44.3 Å². The topological polar surface area (TPSA) is 127 Å². The molecule has 0 aromatic carbocycles. The zero-order valence-electron chi connectivity index (χ0n) is 41.9. The average molecular weight is 963 g/mol. The predicted molar refractivity (Wildman–Crippen MR) is 273 cm³/mol.